The standard InChI is InChI=1S/C37H36Cl2FNO5S/c1-37(2,3)17-16-24-6-10-26(11-7-24)33(19-25-8-12-27(13-9-25)35(42)5-4-18-47(44,45)46)36(43)41-31-21-28(20-30(40)23-31)32-15-14-29(38)22-34(32)39/h6-17,20-23,33H,4-5,18-19H2,1-3H3,(H,41,43)(H,44,45,46)/b17-16+. The largest absolute Gasteiger partial charge is 0.325 e. The number of Topliss-reactive ketones (excluding diaryl/α,β-unsaturated/α-hetero) is 1. The van der Waals surface area contributed by atoms with Gasteiger partial charge in [-0.2, -0.15) is 8.42 Å². The van der Waals surface area contributed by atoms with Crippen LogP contribution >= 0.6 is 23.2 Å². The zero-order valence-corrected chi connectivity index (χ0v) is 28.6. The number of anilines is 1. The molecule has 0 aliphatic heterocycles. The molecule has 0 bridgehead atoms. The van der Waals surface area contributed by atoms with Gasteiger partial charge in [0.1, 0.15) is 5.82 Å². The smallest absolute Gasteiger partial charge is 0.264 e. The van der Waals surface area contributed by atoms with Gasteiger partial charge in [0.05, 0.1) is 11.7 Å². The van der Waals surface area contributed by atoms with Gasteiger partial charge in [0.2, 0.25) is 5.91 Å². The van der Waals surface area contributed by atoms with E-state index < -0.39 is 27.6 Å². The van der Waals surface area contributed by atoms with E-state index in [1.54, 1.807) is 48.5 Å². The Morgan fingerprint density at radius 2 is 1.62 bits per heavy atom. The highest BCUT2D eigenvalue weighted by atomic mass is 35.5. The molecule has 0 aliphatic carbocycles. The van der Waals surface area contributed by atoms with Gasteiger partial charge in [-0.25, -0.2) is 4.39 Å². The highest BCUT2D eigenvalue weighted by Gasteiger charge is 2.23. The van der Waals surface area contributed by atoms with Crippen LogP contribution in [0, 0.1) is 11.2 Å². The Hall–Kier alpha value is -3.82. The van der Waals surface area contributed by atoms with Crippen LogP contribution in [0.25, 0.3) is 17.2 Å². The molecular formula is C37H36Cl2FNO5S. The van der Waals surface area contributed by atoms with Crippen molar-refractivity contribution in [3.05, 3.63) is 129 Å². The summed E-state index contributed by atoms with van der Waals surface area (Å²) in [6.07, 6.45) is 4.39. The fraction of sp³-hybridized carbons (Fsp3) is 0.243. The molecule has 6 nitrogen and oxygen atoms in total. The molecule has 4 aromatic carbocycles. The first-order valence-electron chi connectivity index (χ1n) is 15.0. The number of hydrogen-bond acceptors (Lipinski definition) is 4. The van der Waals surface area contributed by atoms with Crippen molar-refractivity contribution in [2.24, 2.45) is 5.41 Å². The lowest BCUT2D eigenvalue weighted by atomic mass is 9.89. The lowest BCUT2D eigenvalue weighted by Gasteiger charge is -2.19. The second-order valence-corrected chi connectivity index (χ2v) is 14.9. The molecular weight excluding hydrogens is 660 g/mol. The Bertz CT molecular complexity index is 1880. The van der Waals surface area contributed by atoms with Crippen LogP contribution in [-0.4, -0.2) is 30.4 Å². The van der Waals surface area contributed by atoms with E-state index in [1.165, 1.54) is 12.1 Å². The number of carbonyl (C=O) groups excluding carboxylic acids is 2. The minimum atomic E-state index is -4.14. The number of hydrogen-bond donors (Lipinski definition) is 2. The van der Waals surface area contributed by atoms with Crippen LogP contribution in [0.4, 0.5) is 10.1 Å². The van der Waals surface area contributed by atoms with Gasteiger partial charge in [-0.1, -0.05) is 111 Å². The average molecular weight is 697 g/mol. The van der Waals surface area contributed by atoms with E-state index in [2.05, 4.69) is 32.2 Å². The van der Waals surface area contributed by atoms with Crippen molar-refractivity contribution in [2.75, 3.05) is 11.1 Å². The highest BCUT2D eigenvalue weighted by Crippen LogP contribution is 2.33. The molecule has 0 saturated carbocycles. The maximum absolute atomic E-state index is 14.8. The topological polar surface area (TPSA) is 101 Å². The van der Waals surface area contributed by atoms with Crippen molar-refractivity contribution >= 4 is 56.8 Å². The number of amides is 1. The fourth-order valence-electron chi connectivity index (χ4n) is 4.94. The summed E-state index contributed by atoms with van der Waals surface area (Å²) in [6.45, 7) is 6.32. The molecule has 0 heterocycles. The molecule has 4 aromatic rings. The predicted octanol–water partition coefficient (Wildman–Crippen LogP) is 9.67. The number of benzene rings is 4. The van der Waals surface area contributed by atoms with E-state index in [-0.39, 0.29) is 42.1 Å². The molecule has 1 unspecified atom stereocenters. The van der Waals surface area contributed by atoms with Crippen LogP contribution in [0.15, 0.2) is 91.0 Å². The van der Waals surface area contributed by atoms with Gasteiger partial charge in [0.25, 0.3) is 10.1 Å². The van der Waals surface area contributed by atoms with Gasteiger partial charge < -0.3 is 5.32 Å². The number of nitrogens with one attached hydrogen (secondary N) is 1. The number of allylic oxidation sites excluding steroid dienone is 1. The Morgan fingerprint density at radius 3 is 2.23 bits per heavy atom. The lowest BCUT2D eigenvalue weighted by Crippen LogP contribution is -2.23. The van der Waals surface area contributed by atoms with Crippen molar-refractivity contribution in [1.29, 1.82) is 0 Å². The van der Waals surface area contributed by atoms with Crippen LogP contribution in [-0.2, 0) is 21.3 Å². The molecule has 47 heavy (non-hydrogen) atoms. The quantitative estimate of drug-likeness (QED) is 0.114. The van der Waals surface area contributed by atoms with Gasteiger partial charge >= 0.3 is 0 Å². The molecule has 246 valence electrons. The van der Waals surface area contributed by atoms with Crippen LogP contribution < -0.4 is 5.32 Å². The SMILES string of the molecule is CC(C)(C)/C=C/c1ccc(C(Cc2ccc(C(=O)CCCS(=O)(=O)O)cc2)C(=O)Nc2cc(F)cc(-c3ccc(Cl)cc3Cl)c2)cc1. The van der Waals surface area contributed by atoms with Gasteiger partial charge in [-0.05, 0) is 70.8 Å². The normalized spacial score (nSPS) is 12.7. The van der Waals surface area contributed by atoms with Crippen molar-refractivity contribution in [2.45, 2.75) is 46.0 Å². The maximum atomic E-state index is 14.8. The third-order valence-electron chi connectivity index (χ3n) is 7.36. The zero-order chi connectivity index (χ0) is 34.4. The number of ketones is 1. The summed E-state index contributed by atoms with van der Waals surface area (Å²) in [7, 11) is -4.14. The number of halogens is 3. The second-order valence-electron chi connectivity index (χ2n) is 12.5. The minimum Gasteiger partial charge on any atom is -0.325 e. The fourth-order valence-corrected chi connectivity index (χ4v) is 5.97. The Kier molecular flexibility index (Phi) is 11.8. The molecule has 0 fully saturated rings. The third kappa shape index (κ3) is 11.1. The van der Waals surface area contributed by atoms with E-state index in [9.17, 15) is 22.4 Å². The molecule has 2 N–H and O–H groups in total. The lowest BCUT2D eigenvalue weighted by molar-refractivity contribution is -0.117. The minimum absolute atomic E-state index is 0.00518. The first-order chi connectivity index (χ1) is 22.1. The van der Waals surface area contributed by atoms with Gasteiger partial charge in [-0.3, -0.25) is 14.1 Å². The number of rotatable bonds is 12. The van der Waals surface area contributed by atoms with E-state index >= 15 is 0 Å². The molecule has 10 heteroatoms. The van der Waals surface area contributed by atoms with Crippen molar-refractivity contribution in [1.82, 2.24) is 0 Å². The molecule has 1 atom stereocenters. The Labute approximate surface area is 285 Å². The van der Waals surface area contributed by atoms with Crippen LogP contribution in [0.1, 0.15) is 66.6 Å². The van der Waals surface area contributed by atoms with Gasteiger partial charge in [0.15, 0.2) is 5.78 Å². The van der Waals surface area contributed by atoms with Gasteiger partial charge in [0, 0.05) is 33.3 Å². The first kappa shape index (κ1) is 36.0. The summed E-state index contributed by atoms with van der Waals surface area (Å²) in [5.41, 5.74) is 4.21. The summed E-state index contributed by atoms with van der Waals surface area (Å²) in [5.74, 6) is -2.31. The second kappa shape index (κ2) is 15.4. The monoisotopic (exact) mass is 695 g/mol. The molecule has 0 aromatic heterocycles. The molecule has 1 amide bonds. The summed E-state index contributed by atoms with van der Waals surface area (Å²) >= 11 is 12.4. The molecule has 0 saturated heterocycles. The predicted molar refractivity (Wildman–Crippen MR) is 188 cm³/mol. The van der Waals surface area contributed by atoms with E-state index in [0.717, 1.165) is 16.7 Å². The van der Waals surface area contributed by atoms with Crippen LogP contribution in [0.2, 0.25) is 10.0 Å². The Morgan fingerprint density at radius 1 is 0.936 bits per heavy atom. The van der Waals surface area contributed by atoms with Crippen molar-refractivity contribution in [3.63, 3.8) is 0 Å². The third-order valence-corrected chi connectivity index (χ3v) is 8.71. The summed E-state index contributed by atoms with van der Waals surface area (Å²) in [5, 5.41) is 3.67. The average Bonchev–Trinajstić information content (AvgIpc) is 2.98. The van der Waals surface area contributed by atoms with Crippen LogP contribution in [0.3, 0.4) is 0 Å². The molecule has 0 radical (unpaired) electrons. The van der Waals surface area contributed by atoms with E-state index in [1.807, 2.05) is 30.3 Å². The summed E-state index contributed by atoms with van der Waals surface area (Å²) in [6, 6.07) is 23.6. The number of carbonyl (C=O) groups is 2. The molecule has 4 rings (SSSR count). The molecule has 0 spiro atoms. The van der Waals surface area contributed by atoms with Crippen LogP contribution in [0.5, 0.6) is 0 Å². The summed E-state index contributed by atoms with van der Waals surface area (Å²) in [4.78, 5) is 26.4. The van der Waals surface area contributed by atoms with Crippen molar-refractivity contribution < 1.29 is 27.0 Å². The zero-order valence-electron chi connectivity index (χ0n) is 26.3. The van der Waals surface area contributed by atoms with E-state index in [4.69, 9.17) is 27.8 Å². The maximum Gasteiger partial charge on any atom is 0.264 e. The van der Waals surface area contributed by atoms with E-state index in [0.29, 0.717) is 26.7 Å². The molecule has 0 aliphatic rings. The first-order valence-corrected chi connectivity index (χ1v) is 17.4. The Balaban J connectivity index is 1.60. The summed E-state index contributed by atoms with van der Waals surface area (Å²) < 4.78 is 45.7. The van der Waals surface area contributed by atoms with Gasteiger partial charge in [-0.15, -0.1) is 0 Å². The highest BCUT2D eigenvalue weighted by molar-refractivity contribution is 7.85. The van der Waals surface area contributed by atoms with Crippen molar-refractivity contribution in [3.8, 4) is 11.1 Å².